The van der Waals surface area contributed by atoms with Crippen LogP contribution in [0.5, 0.6) is 0 Å². The topological polar surface area (TPSA) is 58.8 Å². The second-order valence-corrected chi connectivity index (χ2v) is 6.54. The van der Waals surface area contributed by atoms with Crippen LogP contribution in [0.3, 0.4) is 0 Å². The molecule has 5 heteroatoms. The van der Waals surface area contributed by atoms with Gasteiger partial charge in [-0.2, -0.15) is 0 Å². The molecule has 1 aliphatic heterocycles. The predicted octanol–water partition coefficient (Wildman–Crippen LogP) is 0.541. The molecule has 1 rings (SSSR count). The molecule has 0 aromatic carbocycles. The van der Waals surface area contributed by atoms with Crippen molar-refractivity contribution in [2.24, 2.45) is 11.1 Å². The van der Waals surface area contributed by atoms with Crippen LogP contribution in [-0.2, 0) is 9.53 Å². The molecule has 1 heterocycles. The summed E-state index contributed by atoms with van der Waals surface area (Å²) in [6, 6.07) is -0.522. The molecule has 0 aromatic rings. The van der Waals surface area contributed by atoms with Crippen molar-refractivity contribution in [3.05, 3.63) is 0 Å². The molecule has 1 unspecified atom stereocenters. The molecular weight excluding hydrogens is 242 g/mol. The van der Waals surface area contributed by atoms with E-state index >= 15 is 0 Å². The molecule has 1 saturated heterocycles. The fraction of sp³-hybridized carbons (Fsp3) is 0.929. The van der Waals surface area contributed by atoms with Gasteiger partial charge in [-0.1, -0.05) is 20.8 Å². The number of ether oxygens (including phenoxy) is 1. The van der Waals surface area contributed by atoms with Crippen molar-refractivity contribution in [1.82, 2.24) is 9.80 Å². The third kappa shape index (κ3) is 5.89. The van der Waals surface area contributed by atoms with E-state index in [0.717, 1.165) is 32.7 Å². The lowest BCUT2D eigenvalue weighted by molar-refractivity contribution is -0.135. The first-order valence-corrected chi connectivity index (χ1v) is 7.09. The van der Waals surface area contributed by atoms with Gasteiger partial charge in [0.2, 0.25) is 5.91 Å². The van der Waals surface area contributed by atoms with Crippen molar-refractivity contribution >= 4 is 5.91 Å². The summed E-state index contributed by atoms with van der Waals surface area (Å²) < 4.78 is 4.93. The highest BCUT2D eigenvalue weighted by atomic mass is 16.5. The maximum atomic E-state index is 12.0. The van der Waals surface area contributed by atoms with Crippen molar-refractivity contribution in [2.45, 2.75) is 33.2 Å². The Morgan fingerprint density at radius 1 is 1.26 bits per heavy atom. The van der Waals surface area contributed by atoms with Crippen LogP contribution in [0.15, 0.2) is 0 Å². The molecule has 1 fully saturated rings. The summed E-state index contributed by atoms with van der Waals surface area (Å²) >= 11 is 0. The molecule has 2 N–H and O–H groups in total. The number of hydrogen-bond donors (Lipinski definition) is 1. The molecule has 1 atom stereocenters. The van der Waals surface area contributed by atoms with Crippen molar-refractivity contribution in [1.29, 1.82) is 0 Å². The maximum Gasteiger partial charge on any atom is 0.241 e. The summed E-state index contributed by atoms with van der Waals surface area (Å²) in [4.78, 5) is 16.3. The zero-order valence-electron chi connectivity index (χ0n) is 12.8. The Labute approximate surface area is 117 Å². The van der Waals surface area contributed by atoms with E-state index in [1.807, 2.05) is 4.90 Å². The Morgan fingerprint density at radius 3 is 2.32 bits per heavy atom. The summed E-state index contributed by atoms with van der Waals surface area (Å²) in [7, 11) is 1.57. The molecule has 0 bridgehead atoms. The van der Waals surface area contributed by atoms with Gasteiger partial charge < -0.3 is 15.4 Å². The van der Waals surface area contributed by atoms with E-state index in [9.17, 15) is 4.79 Å². The SMILES string of the molecule is COCC(N)C(=O)N1CCN(CCC(C)(C)C)CC1. The Hall–Kier alpha value is -0.650. The minimum absolute atomic E-state index is 0.0114. The minimum Gasteiger partial charge on any atom is -0.383 e. The smallest absolute Gasteiger partial charge is 0.241 e. The average molecular weight is 271 g/mol. The lowest BCUT2D eigenvalue weighted by Gasteiger charge is -2.36. The second kappa shape index (κ2) is 7.22. The summed E-state index contributed by atoms with van der Waals surface area (Å²) in [5, 5.41) is 0. The molecule has 0 saturated carbocycles. The summed E-state index contributed by atoms with van der Waals surface area (Å²) in [6.07, 6.45) is 1.18. The first-order chi connectivity index (χ1) is 8.83. The molecule has 1 aliphatic rings. The van der Waals surface area contributed by atoms with E-state index in [4.69, 9.17) is 10.5 Å². The van der Waals surface area contributed by atoms with Crippen molar-refractivity contribution in [3.8, 4) is 0 Å². The molecule has 0 spiro atoms. The van der Waals surface area contributed by atoms with E-state index in [-0.39, 0.29) is 5.91 Å². The first-order valence-electron chi connectivity index (χ1n) is 7.09. The maximum absolute atomic E-state index is 12.0. The zero-order chi connectivity index (χ0) is 14.5. The van der Waals surface area contributed by atoms with E-state index in [1.165, 1.54) is 6.42 Å². The number of rotatable bonds is 5. The molecule has 0 aliphatic carbocycles. The quantitative estimate of drug-likeness (QED) is 0.793. The molecule has 19 heavy (non-hydrogen) atoms. The normalized spacial score (nSPS) is 19.5. The minimum atomic E-state index is -0.522. The van der Waals surface area contributed by atoms with Crippen LogP contribution in [0.2, 0.25) is 0 Å². The van der Waals surface area contributed by atoms with Gasteiger partial charge >= 0.3 is 0 Å². The predicted molar refractivity (Wildman–Crippen MR) is 76.9 cm³/mol. The zero-order valence-corrected chi connectivity index (χ0v) is 12.8. The van der Waals surface area contributed by atoms with Crippen LogP contribution in [0.25, 0.3) is 0 Å². The highest BCUT2D eigenvalue weighted by Crippen LogP contribution is 2.19. The summed E-state index contributed by atoms with van der Waals surface area (Å²) in [5.74, 6) is 0.0114. The number of carbonyl (C=O) groups is 1. The first kappa shape index (κ1) is 16.4. The highest BCUT2D eigenvalue weighted by Gasteiger charge is 2.25. The fourth-order valence-electron chi connectivity index (χ4n) is 2.17. The molecular formula is C14H29N3O2. The van der Waals surface area contributed by atoms with Gasteiger partial charge in [-0.15, -0.1) is 0 Å². The third-order valence-electron chi connectivity index (χ3n) is 3.53. The van der Waals surface area contributed by atoms with Crippen LogP contribution in [0.4, 0.5) is 0 Å². The largest absolute Gasteiger partial charge is 0.383 e. The third-order valence-corrected chi connectivity index (χ3v) is 3.53. The van der Waals surface area contributed by atoms with Crippen LogP contribution < -0.4 is 5.73 Å². The average Bonchev–Trinajstić information content (AvgIpc) is 2.35. The molecule has 0 radical (unpaired) electrons. The van der Waals surface area contributed by atoms with E-state index in [0.29, 0.717) is 12.0 Å². The monoisotopic (exact) mass is 271 g/mol. The Balaban J connectivity index is 2.30. The summed E-state index contributed by atoms with van der Waals surface area (Å²) in [6.45, 7) is 11.6. The number of methoxy groups -OCH3 is 1. The van der Waals surface area contributed by atoms with Crippen LogP contribution >= 0.6 is 0 Å². The lowest BCUT2D eigenvalue weighted by atomic mass is 9.92. The van der Waals surface area contributed by atoms with Crippen LogP contribution in [0, 0.1) is 5.41 Å². The standard InChI is InChI=1S/C14H29N3O2/c1-14(2,3)5-6-16-7-9-17(10-8-16)13(18)12(15)11-19-4/h12H,5-11,15H2,1-4H3. The van der Waals surface area contributed by atoms with Gasteiger partial charge in [0.1, 0.15) is 6.04 Å². The number of carbonyl (C=O) groups excluding carboxylic acids is 1. The van der Waals surface area contributed by atoms with E-state index in [1.54, 1.807) is 7.11 Å². The van der Waals surface area contributed by atoms with E-state index in [2.05, 4.69) is 25.7 Å². The van der Waals surface area contributed by atoms with Crippen molar-refractivity contribution in [2.75, 3.05) is 46.4 Å². The molecule has 0 aromatic heterocycles. The Morgan fingerprint density at radius 2 is 1.84 bits per heavy atom. The highest BCUT2D eigenvalue weighted by molar-refractivity contribution is 5.81. The van der Waals surface area contributed by atoms with Gasteiger partial charge in [0, 0.05) is 33.3 Å². The number of amides is 1. The van der Waals surface area contributed by atoms with Gasteiger partial charge in [-0.05, 0) is 18.4 Å². The van der Waals surface area contributed by atoms with Gasteiger partial charge in [0.25, 0.3) is 0 Å². The molecule has 112 valence electrons. The number of piperazine rings is 1. The molecule has 5 nitrogen and oxygen atoms in total. The Kier molecular flexibility index (Phi) is 6.23. The number of nitrogens with zero attached hydrogens (tertiary/aromatic N) is 2. The molecule has 1 amide bonds. The van der Waals surface area contributed by atoms with Gasteiger partial charge in [0.05, 0.1) is 6.61 Å². The number of nitrogens with two attached hydrogens (primary N) is 1. The number of hydrogen-bond acceptors (Lipinski definition) is 4. The van der Waals surface area contributed by atoms with E-state index < -0.39 is 6.04 Å². The van der Waals surface area contributed by atoms with Crippen LogP contribution in [-0.4, -0.2) is 68.2 Å². The van der Waals surface area contributed by atoms with Gasteiger partial charge in [0.15, 0.2) is 0 Å². The summed E-state index contributed by atoms with van der Waals surface area (Å²) in [5.41, 5.74) is 6.15. The fourth-order valence-corrected chi connectivity index (χ4v) is 2.17. The van der Waals surface area contributed by atoms with Gasteiger partial charge in [-0.3, -0.25) is 9.69 Å². The van der Waals surface area contributed by atoms with Gasteiger partial charge in [-0.25, -0.2) is 0 Å². The van der Waals surface area contributed by atoms with Crippen molar-refractivity contribution in [3.63, 3.8) is 0 Å². The second-order valence-electron chi connectivity index (χ2n) is 6.54. The van der Waals surface area contributed by atoms with Crippen molar-refractivity contribution < 1.29 is 9.53 Å². The lowest BCUT2D eigenvalue weighted by Crippen LogP contribution is -2.54. The Bertz CT molecular complexity index is 281. The van der Waals surface area contributed by atoms with Crippen LogP contribution in [0.1, 0.15) is 27.2 Å².